The number of amides is 1. The lowest BCUT2D eigenvalue weighted by molar-refractivity contribution is -0.123. The average molecular weight is 271 g/mol. The summed E-state index contributed by atoms with van der Waals surface area (Å²) in [5, 5.41) is 3.08. The zero-order valence-corrected chi connectivity index (χ0v) is 11.0. The van der Waals surface area contributed by atoms with Gasteiger partial charge in [0, 0.05) is 6.54 Å². The Balaban J connectivity index is 0.00000225. The van der Waals surface area contributed by atoms with Crippen LogP contribution in [-0.2, 0) is 14.8 Å². The largest absolute Gasteiger partial charge is 0.316 e. The molecule has 1 aliphatic heterocycles. The summed E-state index contributed by atoms with van der Waals surface area (Å²) in [4.78, 5) is 11.6. The van der Waals surface area contributed by atoms with Crippen molar-refractivity contribution < 1.29 is 13.2 Å². The van der Waals surface area contributed by atoms with E-state index < -0.39 is 10.0 Å². The van der Waals surface area contributed by atoms with Crippen LogP contribution in [0, 0.1) is 5.92 Å². The van der Waals surface area contributed by atoms with Crippen LogP contribution in [0.15, 0.2) is 0 Å². The van der Waals surface area contributed by atoms with Crippen LogP contribution in [0.5, 0.6) is 0 Å². The van der Waals surface area contributed by atoms with Crippen LogP contribution in [0.2, 0.25) is 0 Å². The van der Waals surface area contributed by atoms with Gasteiger partial charge in [0.2, 0.25) is 15.9 Å². The minimum absolute atomic E-state index is 0. The van der Waals surface area contributed by atoms with E-state index >= 15 is 0 Å². The maximum Gasteiger partial charge on any atom is 0.237 e. The Kier molecular flexibility index (Phi) is 6.94. The monoisotopic (exact) mass is 270 g/mol. The van der Waals surface area contributed by atoms with Crippen molar-refractivity contribution in [2.45, 2.75) is 26.2 Å². The maximum atomic E-state index is 11.6. The van der Waals surface area contributed by atoms with E-state index in [-0.39, 0.29) is 30.0 Å². The number of sulfonamides is 1. The first kappa shape index (κ1) is 15.7. The van der Waals surface area contributed by atoms with Gasteiger partial charge in [0.15, 0.2) is 0 Å². The highest BCUT2D eigenvalue weighted by Crippen LogP contribution is 2.10. The van der Waals surface area contributed by atoms with Crippen molar-refractivity contribution >= 4 is 28.3 Å². The summed E-state index contributed by atoms with van der Waals surface area (Å²) >= 11 is 0. The standard InChI is InChI=1S/C9H18N2O3S.ClH/c1-2-6-15(13,14)11-9(12)8-4-3-5-10-7-8;/h8,10H,2-7H2,1H3,(H,11,12);1H/t8-;/m0./s1. The number of carbonyl (C=O) groups excluding carboxylic acids is 1. The van der Waals surface area contributed by atoms with Gasteiger partial charge in [0.1, 0.15) is 0 Å². The molecule has 0 aliphatic carbocycles. The van der Waals surface area contributed by atoms with Gasteiger partial charge in [-0.2, -0.15) is 0 Å². The Morgan fingerprint density at radius 3 is 2.69 bits per heavy atom. The third-order valence-electron chi connectivity index (χ3n) is 2.40. The summed E-state index contributed by atoms with van der Waals surface area (Å²) in [6.07, 6.45) is 2.21. The first-order chi connectivity index (χ1) is 7.05. The van der Waals surface area contributed by atoms with Gasteiger partial charge in [-0.1, -0.05) is 6.92 Å². The molecule has 1 saturated heterocycles. The molecular weight excluding hydrogens is 252 g/mol. The molecular formula is C9H19ClN2O3S. The first-order valence-corrected chi connectivity index (χ1v) is 6.95. The Hall–Kier alpha value is -0.330. The summed E-state index contributed by atoms with van der Waals surface area (Å²) in [6.45, 7) is 3.25. The molecule has 1 atom stereocenters. The van der Waals surface area contributed by atoms with Crippen molar-refractivity contribution in [2.75, 3.05) is 18.8 Å². The lowest BCUT2D eigenvalue weighted by Gasteiger charge is -2.21. The van der Waals surface area contributed by atoms with Crippen molar-refractivity contribution in [2.24, 2.45) is 5.92 Å². The van der Waals surface area contributed by atoms with Crippen LogP contribution in [0.3, 0.4) is 0 Å². The van der Waals surface area contributed by atoms with Gasteiger partial charge in [-0.25, -0.2) is 8.42 Å². The molecule has 1 fully saturated rings. The summed E-state index contributed by atoms with van der Waals surface area (Å²) in [5.41, 5.74) is 0. The van der Waals surface area contributed by atoms with E-state index in [1.807, 2.05) is 0 Å². The van der Waals surface area contributed by atoms with E-state index in [9.17, 15) is 13.2 Å². The van der Waals surface area contributed by atoms with E-state index in [1.165, 1.54) is 0 Å². The minimum Gasteiger partial charge on any atom is -0.316 e. The van der Waals surface area contributed by atoms with Crippen molar-refractivity contribution in [3.63, 3.8) is 0 Å². The topological polar surface area (TPSA) is 75.3 Å². The normalized spacial score (nSPS) is 20.9. The first-order valence-electron chi connectivity index (χ1n) is 5.30. The molecule has 16 heavy (non-hydrogen) atoms. The zero-order valence-electron chi connectivity index (χ0n) is 9.36. The van der Waals surface area contributed by atoms with E-state index in [1.54, 1.807) is 6.92 Å². The van der Waals surface area contributed by atoms with Crippen LogP contribution >= 0.6 is 12.4 Å². The average Bonchev–Trinajstić information content (AvgIpc) is 2.18. The smallest absolute Gasteiger partial charge is 0.237 e. The number of carbonyl (C=O) groups is 1. The second-order valence-electron chi connectivity index (χ2n) is 3.83. The number of hydrogen-bond donors (Lipinski definition) is 2. The van der Waals surface area contributed by atoms with Gasteiger partial charge < -0.3 is 5.32 Å². The second-order valence-corrected chi connectivity index (χ2v) is 5.67. The van der Waals surface area contributed by atoms with Crippen LogP contribution in [0.25, 0.3) is 0 Å². The fraction of sp³-hybridized carbons (Fsp3) is 0.889. The molecule has 2 N–H and O–H groups in total. The highest BCUT2D eigenvalue weighted by Gasteiger charge is 2.24. The predicted octanol–water partition coefficient (Wildman–Crippen LogP) is 0.264. The minimum atomic E-state index is -3.41. The molecule has 1 amide bonds. The third kappa shape index (κ3) is 5.14. The lowest BCUT2D eigenvalue weighted by atomic mass is 9.99. The second kappa shape index (κ2) is 7.09. The molecule has 7 heteroatoms. The van der Waals surface area contributed by atoms with Crippen LogP contribution in [0.4, 0.5) is 0 Å². The summed E-state index contributed by atoms with van der Waals surface area (Å²) < 4.78 is 24.8. The van der Waals surface area contributed by atoms with Gasteiger partial charge in [-0.3, -0.25) is 9.52 Å². The fourth-order valence-electron chi connectivity index (χ4n) is 1.63. The molecule has 1 heterocycles. The molecule has 1 rings (SSSR count). The van der Waals surface area contributed by atoms with Crippen molar-refractivity contribution in [3.8, 4) is 0 Å². The molecule has 0 bridgehead atoms. The zero-order chi connectivity index (χ0) is 11.3. The number of rotatable bonds is 4. The van der Waals surface area contributed by atoms with Crippen LogP contribution in [0.1, 0.15) is 26.2 Å². The molecule has 0 spiro atoms. The van der Waals surface area contributed by atoms with E-state index in [0.29, 0.717) is 13.0 Å². The molecule has 0 aromatic carbocycles. The number of halogens is 1. The summed E-state index contributed by atoms with van der Waals surface area (Å²) in [6, 6.07) is 0. The van der Waals surface area contributed by atoms with Crippen molar-refractivity contribution in [1.82, 2.24) is 10.0 Å². The van der Waals surface area contributed by atoms with E-state index in [4.69, 9.17) is 0 Å². The Labute approximate surface area is 103 Å². The highest BCUT2D eigenvalue weighted by molar-refractivity contribution is 7.90. The van der Waals surface area contributed by atoms with Crippen molar-refractivity contribution in [3.05, 3.63) is 0 Å². The number of piperidine rings is 1. The summed E-state index contributed by atoms with van der Waals surface area (Å²) in [7, 11) is -3.41. The maximum absolute atomic E-state index is 11.6. The van der Waals surface area contributed by atoms with E-state index in [2.05, 4.69) is 10.0 Å². The van der Waals surface area contributed by atoms with Gasteiger partial charge in [-0.15, -0.1) is 12.4 Å². The van der Waals surface area contributed by atoms with Crippen molar-refractivity contribution in [1.29, 1.82) is 0 Å². The molecule has 1 aliphatic rings. The SMILES string of the molecule is CCCS(=O)(=O)NC(=O)[C@H]1CCCNC1.Cl. The molecule has 0 saturated carbocycles. The lowest BCUT2D eigenvalue weighted by Crippen LogP contribution is -2.43. The van der Waals surface area contributed by atoms with Crippen LogP contribution < -0.4 is 10.0 Å². The van der Waals surface area contributed by atoms with Gasteiger partial charge in [-0.05, 0) is 25.8 Å². The summed E-state index contributed by atoms with van der Waals surface area (Å²) in [5.74, 6) is -0.556. The number of hydrogen-bond acceptors (Lipinski definition) is 4. The predicted molar refractivity (Wildman–Crippen MR) is 65.1 cm³/mol. The fourth-order valence-corrected chi connectivity index (χ4v) is 2.74. The molecule has 0 unspecified atom stereocenters. The molecule has 0 aromatic rings. The Morgan fingerprint density at radius 2 is 2.19 bits per heavy atom. The van der Waals surface area contributed by atoms with Gasteiger partial charge in [0.25, 0.3) is 0 Å². The van der Waals surface area contributed by atoms with Crippen LogP contribution in [-0.4, -0.2) is 33.2 Å². The van der Waals surface area contributed by atoms with Gasteiger partial charge >= 0.3 is 0 Å². The quantitative estimate of drug-likeness (QED) is 0.769. The van der Waals surface area contributed by atoms with Gasteiger partial charge in [0.05, 0.1) is 11.7 Å². The Bertz CT molecular complexity index is 313. The van der Waals surface area contributed by atoms with E-state index in [0.717, 1.165) is 19.4 Å². The molecule has 0 aromatic heterocycles. The third-order valence-corrected chi connectivity index (χ3v) is 3.85. The molecule has 96 valence electrons. The Morgan fingerprint density at radius 1 is 1.50 bits per heavy atom. The highest BCUT2D eigenvalue weighted by atomic mass is 35.5. The molecule has 5 nitrogen and oxygen atoms in total. The molecule has 0 radical (unpaired) electrons. The number of nitrogens with one attached hydrogen (secondary N) is 2.